The van der Waals surface area contributed by atoms with Crippen LogP contribution in [0.1, 0.15) is 50.7 Å². The lowest BCUT2D eigenvalue weighted by molar-refractivity contribution is 0.663. The predicted molar refractivity (Wildman–Crippen MR) is 362 cm³/mol. The van der Waals surface area contributed by atoms with Crippen LogP contribution in [0.5, 0.6) is 0 Å². The van der Waals surface area contributed by atoms with Crippen molar-refractivity contribution in [3.63, 3.8) is 0 Å². The minimum atomic E-state index is 0.418. The van der Waals surface area contributed by atoms with Crippen LogP contribution in [0.4, 0.5) is 34.1 Å². The molecule has 17 rings (SSSR count). The van der Waals surface area contributed by atoms with E-state index in [0.717, 1.165) is 122 Å². The van der Waals surface area contributed by atoms with Crippen LogP contribution < -0.4 is 9.80 Å². The molecule has 0 saturated carbocycles. The Bertz CT molecular complexity index is 5190. The summed E-state index contributed by atoms with van der Waals surface area (Å²) >= 11 is 0. The third-order valence-electron chi connectivity index (χ3n) is 18.0. The van der Waals surface area contributed by atoms with Gasteiger partial charge in [0.15, 0.2) is 0 Å². The third-order valence-corrected chi connectivity index (χ3v) is 18.0. The van der Waals surface area contributed by atoms with Crippen LogP contribution in [-0.4, -0.2) is 9.13 Å². The van der Waals surface area contributed by atoms with E-state index in [1.54, 1.807) is 0 Å². The second kappa shape index (κ2) is 19.4. The van der Waals surface area contributed by atoms with Gasteiger partial charge in [-0.3, -0.25) is 0 Å². The Labute approximate surface area is 497 Å². The van der Waals surface area contributed by atoms with E-state index in [1.807, 2.05) is 0 Å². The second-order valence-electron chi connectivity index (χ2n) is 23.7. The fourth-order valence-corrected chi connectivity index (χ4v) is 13.7. The predicted octanol–water partition coefficient (Wildman–Crippen LogP) is 23.2. The minimum absolute atomic E-state index is 0.418. The topological polar surface area (TPSA) is 42.6 Å². The van der Waals surface area contributed by atoms with Gasteiger partial charge in [-0.25, -0.2) is 0 Å². The molecule has 0 radical (unpaired) electrons. The molecule has 4 aromatic heterocycles. The van der Waals surface area contributed by atoms with Gasteiger partial charge in [-0.15, -0.1) is 0 Å². The number of fused-ring (bicyclic) bond motifs is 15. The van der Waals surface area contributed by atoms with Crippen molar-refractivity contribution in [1.29, 1.82) is 0 Å². The molecule has 6 nitrogen and oxygen atoms in total. The monoisotopic (exact) mass is 1110 g/mol. The van der Waals surface area contributed by atoms with E-state index in [0.29, 0.717) is 11.8 Å². The lowest BCUT2D eigenvalue weighted by atomic mass is 10.00. The van der Waals surface area contributed by atoms with Crippen LogP contribution in [0.25, 0.3) is 120 Å². The van der Waals surface area contributed by atoms with Gasteiger partial charge < -0.3 is 27.8 Å². The van der Waals surface area contributed by atoms with Crippen LogP contribution in [0, 0.1) is 0 Å². The van der Waals surface area contributed by atoms with E-state index in [9.17, 15) is 0 Å². The van der Waals surface area contributed by atoms with Crippen LogP contribution in [0.3, 0.4) is 0 Å². The van der Waals surface area contributed by atoms with Crippen molar-refractivity contribution in [2.75, 3.05) is 9.80 Å². The molecule has 0 saturated heterocycles. The lowest BCUT2D eigenvalue weighted by Crippen LogP contribution is -2.10. The zero-order valence-corrected chi connectivity index (χ0v) is 48.2. The zero-order valence-electron chi connectivity index (χ0n) is 48.2. The molecular formula is C80H58N4O2. The summed E-state index contributed by atoms with van der Waals surface area (Å²) in [4.78, 5) is 4.78. The first-order valence-electron chi connectivity index (χ1n) is 29.9. The molecule has 0 spiro atoms. The smallest absolute Gasteiger partial charge is 0.136 e. The van der Waals surface area contributed by atoms with Gasteiger partial charge in [0.05, 0.1) is 22.1 Å². The van der Waals surface area contributed by atoms with Crippen molar-refractivity contribution in [2.24, 2.45) is 0 Å². The average Bonchev–Trinajstić information content (AvgIpc) is 1.67. The molecule has 410 valence electrons. The molecule has 86 heavy (non-hydrogen) atoms. The number of hydrogen-bond donors (Lipinski definition) is 0. The average molecular weight is 1110 g/mol. The van der Waals surface area contributed by atoms with E-state index >= 15 is 0 Å². The first-order valence-corrected chi connectivity index (χ1v) is 29.9. The van der Waals surface area contributed by atoms with Gasteiger partial charge in [0.1, 0.15) is 22.3 Å². The number of nitrogens with zero attached hydrogens (tertiary/aromatic N) is 4. The number of anilines is 6. The molecule has 0 fully saturated rings. The molecule has 0 bridgehead atoms. The van der Waals surface area contributed by atoms with Crippen LogP contribution in [-0.2, 0) is 0 Å². The molecule has 0 aliphatic carbocycles. The SMILES string of the molecule is CC(C)c1ccc(N(c2ccc3cc4c(cc3c2)oc2ccc3oc5cc6cc(N(c7ccc(C(C)C)cc7)c7ccc8c9ccccc9n(-c9ccccc9)c8c7)ccc6cc5c3c24)c2ccc3c4ccccc4n(-c4ccccc4)c3c2)cc1. The number of rotatable bonds is 10. The van der Waals surface area contributed by atoms with Gasteiger partial charge in [0.25, 0.3) is 0 Å². The summed E-state index contributed by atoms with van der Waals surface area (Å²) in [6, 6.07) is 97.6. The Balaban J connectivity index is 0.784. The molecule has 17 aromatic rings. The van der Waals surface area contributed by atoms with Gasteiger partial charge in [-0.1, -0.05) is 149 Å². The summed E-state index contributed by atoms with van der Waals surface area (Å²) < 4.78 is 18.5. The van der Waals surface area contributed by atoms with Crippen LogP contribution in [0.15, 0.2) is 276 Å². The molecule has 0 unspecified atom stereocenters. The van der Waals surface area contributed by atoms with Crippen molar-refractivity contribution in [3.8, 4) is 11.4 Å². The maximum atomic E-state index is 6.87. The summed E-state index contributed by atoms with van der Waals surface area (Å²) in [6.07, 6.45) is 0. The Morgan fingerprint density at radius 1 is 0.267 bits per heavy atom. The van der Waals surface area contributed by atoms with Crippen LogP contribution in [0.2, 0.25) is 0 Å². The van der Waals surface area contributed by atoms with E-state index in [-0.39, 0.29) is 0 Å². The Hall–Kier alpha value is -10.8. The highest BCUT2D eigenvalue weighted by molar-refractivity contribution is 6.28. The van der Waals surface area contributed by atoms with Crippen molar-refractivity contribution in [2.45, 2.75) is 39.5 Å². The minimum Gasteiger partial charge on any atom is -0.456 e. The summed E-state index contributed by atoms with van der Waals surface area (Å²) in [7, 11) is 0. The summed E-state index contributed by atoms with van der Waals surface area (Å²) in [5.41, 5.74) is 19.3. The van der Waals surface area contributed by atoms with E-state index in [2.05, 4.69) is 314 Å². The normalized spacial score (nSPS) is 12.2. The highest BCUT2D eigenvalue weighted by atomic mass is 16.3. The molecule has 0 N–H and O–H groups in total. The highest BCUT2D eigenvalue weighted by Crippen LogP contribution is 2.47. The van der Waals surface area contributed by atoms with Crippen LogP contribution >= 0.6 is 0 Å². The largest absolute Gasteiger partial charge is 0.456 e. The molecular weight excluding hydrogens is 1050 g/mol. The van der Waals surface area contributed by atoms with Gasteiger partial charge in [-0.2, -0.15) is 0 Å². The lowest BCUT2D eigenvalue weighted by Gasteiger charge is -2.26. The van der Waals surface area contributed by atoms with Crippen molar-refractivity contribution in [3.05, 3.63) is 278 Å². The van der Waals surface area contributed by atoms with E-state index < -0.39 is 0 Å². The number of benzene rings is 13. The van der Waals surface area contributed by atoms with Gasteiger partial charge in [0.2, 0.25) is 0 Å². The van der Waals surface area contributed by atoms with Crippen molar-refractivity contribution in [1.82, 2.24) is 9.13 Å². The Morgan fingerprint density at radius 3 is 1.05 bits per heavy atom. The molecule has 4 heterocycles. The third kappa shape index (κ3) is 7.86. The summed E-state index contributed by atoms with van der Waals surface area (Å²) in [6.45, 7) is 9.00. The van der Waals surface area contributed by atoms with Gasteiger partial charge in [-0.05, 0) is 190 Å². The Kier molecular flexibility index (Phi) is 11.2. The van der Waals surface area contributed by atoms with Gasteiger partial charge in [0, 0.05) is 88.6 Å². The van der Waals surface area contributed by atoms with E-state index in [1.165, 1.54) is 43.7 Å². The molecule has 0 aliphatic rings. The molecule has 0 amide bonds. The molecule has 0 atom stereocenters. The zero-order chi connectivity index (χ0) is 57.3. The number of aromatic nitrogens is 2. The Morgan fingerprint density at radius 2 is 0.628 bits per heavy atom. The number of furan rings is 2. The van der Waals surface area contributed by atoms with Crippen molar-refractivity contribution >= 4 is 143 Å². The standard InChI is InChI=1S/C80H58N4O2/c1-49(2)51-23-29-59(30-24-51)81(63-35-37-67-65-19-11-13-21-71(65)83(73(67)47-63)57-15-7-5-8-16-57)61-33-27-53-43-69-77(45-55(53)41-61)85-75-39-40-76-80(79(69)75)70-44-54-28-34-62(42-56(54)46-78(70)86-76)82(60-31-25-52(26-32-60)50(3)4)64-36-38-68-66-20-12-14-22-72(66)84(74(68)48-64)58-17-9-6-10-18-58/h5-50H,1-4H3. The van der Waals surface area contributed by atoms with Crippen molar-refractivity contribution < 1.29 is 8.83 Å². The maximum absolute atomic E-state index is 6.87. The number of hydrogen-bond acceptors (Lipinski definition) is 4. The summed E-state index contributed by atoms with van der Waals surface area (Å²) in [5, 5.41) is 13.6. The maximum Gasteiger partial charge on any atom is 0.136 e. The summed E-state index contributed by atoms with van der Waals surface area (Å²) in [5.74, 6) is 0.836. The molecule has 13 aromatic carbocycles. The second-order valence-corrected chi connectivity index (χ2v) is 23.7. The molecule has 6 heteroatoms. The highest BCUT2D eigenvalue weighted by Gasteiger charge is 2.23. The van der Waals surface area contributed by atoms with Gasteiger partial charge >= 0.3 is 0 Å². The fraction of sp³-hybridized carbons (Fsp3) is 0.0750. The molecule has 0 aliphatic heterocycles. The quantitative estimate of drug-likeness (QED) is 0.137. The number of para-hydroxylation sites is 4. The van der Waals surface area contributed by atoms with E-state index in [4.69, 9.17) is 8.83 Å². The first-order chi connectivity index (χ1) is 42.3. The fourth-order valence-electron chi connectivity index (χ4n) is 13.7. The first kappa shape index (κ1) is 49.8.